The molecule has 100 valence electrons. The highest BCUT2D eigenvalue weighted by atomic mass is 32.2. The van der Waals surface area contributed by atoms with Crippen LogP contribution in [-0.4, -0.2) is 46.9 Å². The highest BCUT2D eigenvalue weighted by Gasteiger charge is 2.09. The van der Waals surface area contributed by atoms with Crippen LogP contribution in [0.5, 0.6) is 6.01 Å². The number of ether oxygens (including phenoxy) is 2. The van der Waals surface area contributed by atoms with Crippen molar-refractivity contribution in [3.63, 3.8) is 0 Å². The summed E-state index contributed by atoms with van der Waals surface area (Å²) in [5, 5.41) is 3.23. The predicted molar refractivity (Wildman–Crippen MR) is 67.9 cm³/mol. The highest BCUT2D eigenvalue weighted by Crippen LogP contribution is 2.17. The molecule has 0 aliphatic rings. The van der Waals surface area contributed by atoms with Gasteiger partial charge in [0.2, 0.25) is 5.95 Å². The lowest BCUT2D eigenvalue weighted by Gasteiger charge is -2.06. The summed E-state index contributed by atoms with van der Waals surface area (Å²) in [7, 11) is 1.70. The Kier molecular flexibility index (Phi) is 6.20. The van der Waals surface area contributed by atoms with Crippen molar-refractivity contribution in [2.24, 2.45) is 0 Å². The quantitative estimate of drug-likeness (QED) is 0.580. The number of esters is 1. The molecule has 1 aromatic rings. The van der Waals surface area contributed by atoms with E-state index in [-0.39, 0.29) is 17.7 Å². The van der Waals surface area contributed by atoms with Crippen molar-refractivity contribution < 1.29 is 14.3 Å². The van der Waals surface area contributed by atoms with Crippen LogP contribution < -0.4 is 10.1 Å². The third kappa shape index (κ3) is 4.74. The summed E-state index contributed by atoms with van der Waals surface area (Å²) in [6, 6.07) is 0.239. The Balaban J connectivity index is 2.68. The molecule has 7 nitrogen and oxygen atoms in total. The molecular formula is C10H16N4O3S. The van der Waals surface area contributed by atoms with Gasteiger partial charge < -0.3 is 14.8 Å². The van der Waals surface area contributed by atoms with Crippen molar-refractivity contribution in [1.82, 2.24) is 15.0 Å². The average molecular weight is 272 g/mol. The van der Waals surface area contributed by atoms with Gasteiger partial charge in [0.15, 0.2) is 5.16 Å². The molecule has 1 aromatic heterocycles. The van der Waals surface area contributed by atoms with Gasteiger partial charge in [0, 0.05) is 7.05 Å². The maximum absolute atomic E-state index is 11.2. The van der Waals surface area contributed by atoms with E-state index in [1.54, 1.807) is 14.0 Å². The first-order chi connectivity index (χ1) is 8.69. The summed E-state index contributed by atoms with van der Waals surface area (Å²) >= 11 is 1.18. The molecule has 0 saturated heterocycles. The number of anilines is 1. The van der Waals surface area contributed by atoms with Crippen LogP contribution in [0.15, 0.2) is 5.16 Å². The molecule has 0 saturated carbocycles. The largest absolute Gasteiger partial charge is 0.465 e. The first-order valence-corrected chi connectivity index (χ1v) is 6.53. The summed E-state index contributed by atoms with van der Waals surface area (Å²) < 4.78 is 10.0. The highest BCUT2D eigenvalue weighted by molar-refractivity contribution is 7.99. The van der Waals surface area contributed by atoms with Gasteiger partial charge in [-0.25, -0.2) is 0 Å². The van der Waals surface area contributed by atoms with Crippen molar-refractivity contribution in [1.29, 1.82) is 0 Å². The van der Waals surface area contributed by atoms with E-state index in [2.05, 4.69) is 20.3 Å². The van der Waals surface area contributed by atoms with Crippen molar-refractivity contribution in [3.05, 3.63) is 0 Å². The Bertz CT molecular complexity index is 403. The molecular weight excluding hydrogens is 256 g/mol. The Morgan fingerprint density at radius 3 is 2.67 bits per heavy atom. The average Bonchev–Trinajstić information content (AvgIpc) is 2.37. The number of nitrogens with one attached hydrogen (secondary N) is 1. The van der Waals surface area contributed by atoms with E-state index in [1.807, 2.05) is 6.92 Å². The molecule has 0 fully saturated rings. The number of carbonyl (C=O) groups is 1. The molecule has 0 unspecified atom stereocenters. The molecule has 1 heterocycles. The third-order valence-electron chi connectivity index (χ3n) is 1.72. The minimum Gasteiger partial charge on any atom is -0.465 e. The molecule has 0 aromatic carbocycles. The van der Waals surface area contributed by atoms with E-state index in [9.17, 15) is 4.79 Å². The predicted octanol–water partition coefficient (Wildman–Crippen LogP) is 0.967. The second-order valence-electron chi connectivity index (χ2n) is 3.00. The van der Waals surface area contributed by atoms with Crippen LogP contribution in [0.2, 0.25) is 0 Å². The van der Waals surface area contributed by atoms with Crippen molar-refractivity contribution in [3.8, 4) is 6.01 Å². The van der Waals surface area contributed by atoms with Crippen LogP contribution in [0.25, 0.3) is 0 Å². The fraction of sp³-hybridized carbons (Fsp3) is 0.600. The maximum Gasteiger partial charge on any atom is 0.322 e. The van der Waals surface area contributed by atoms with Crippen LogP contribution >= 0.6 is 11.8 Å². The number of thioether (sulfide) groups is 1. The van der Waals surface area contributed by atoms with E-state index in [1.165, 1.54) is 11.8 Å². The van der Waals surface area contributed by atoms with Crippen molar-refractivity contribution in [2.45, 2.75) is 19.0 Å². The second-order valence-corrected chi connectivity index (χ2v) is 3.94. The maximum atomic E-state index is 11.2. The number of rotatable bonds is 7. The fourth-order valence-corrected chi connectivity index (χ4v) is 1.66. The molecule has 8 heteroatoms. The van der Waals surface area contributed by atoms with E-state index in [4.69, 9.17) is 9.47 Å². The third-order valence-corrected chi connectivity index (χ3v) is 2.54. The molecule has 0 bridgehead atoms. The number of nitrogens with zero attached hydrogens (tertiary/aromatic N) is 3. The molecule has 0 radical (unpaired) electrons. The van der Waals surface area contributed by atoms with Crippen LogP contribution in [-0.2, 0) is 9.53 Å². The van der Waals surface area contributed by atoms with Gasteiger partial charge in [-0.3, -0.25) is 4.79 Å². The molecule has 0 spiro atoms. The van der Waals surface area contributed by atoms with Gasteiger partial charge in [-0.05, 0) is 13.8 Å². The first-order valence-electron chi connectivity index (χ1n) is 5.54. The Morgan fingerprint density at radius 2 is 2.06 bits per heavy atom. The van der Waals surface area contributed by atoms with Crippen molar-refractivity contribution >= 4 is 23.7 Å². The summed E-state index contributed by atoms with van der Waals surface area (Å²) in [6.45, 7) is 4.43. The van der Waals surface area contributed by atoms with E-state index in [0.717, 1.165) is 0 Å². The van der Waals surface area contributed by atoms with E-state index in [0.29, 0.717) is 24.3 Å². The monoisotopic (exact) mass is 272 g/mol. The smallest absolute Gasteiger partial charge is 0.322 e. The van der Waals surface area contributed by atoms with Gasteiger partial charge in [0.05, 0.1) is 19.0 Å². The van der Waals surface area contributed by atoms with Crippen molar-refractivity contribution in [2.75, 3.05) is 31.3 Å². The number of aromatic nitrogens is 3. The summed E-state index contributed by atoms with van der Waals surface area (Å²) in [6.07, 6.45) is 0. The standard InChI is InChI=1S/C10H16N4O3S/c1-4-16-7(15)6-18-10-13-8(11-3)12-9(14-10)17-5-2/h4-6H2,1-3H3,(H,11,12,13,14). The Morgan fingerprint density at radius 1 is 1.28 bits per heavy atom. The zero-order valence-electron chi connectivity index (χ0n) is 10.6. The van der Waals surface area contributed by atoms with Crippen LogP contribution in [0.3, 0.4) is 0 Å². The molecule has 1 rings (SSSR count). The minimum absolute atomic E-state index is 0.159. The molecule has 1 N–H and O–H groups in total. The second kappa shape index (κ2) is 7.70. The zero-order valence-corrected chi connectivity index (χ0v) is 11.4. The summed E-state index contributed by atoms with van der Waals surface area (Å²) in [5.74, 6) is 0.263. The van der Waals surface area contributed by atoms with Gasteiger partial charge in [-0.1, -0.05) is 11.8 Å². The number of carbonyl (C=O) groups excluding carboxylic acids is 1. The van der Waals surface area contributed by atoms with Crippen LogP contribution in [0.1, 0.15) is 13.8 Å². The zero-order chi connectivity index (χ0) is 13.4. The number of hydrogen-bond acceptors (Lipinski definition) is 8. The molecule has 0 aliphatic heterocycles. The van der Waals surface area contributed by atoms with E-state index >= 15 is 0 Å². The lowest BCUT2D eigenvalue weighted by atomic mass is 10.8. The molecule has 18 heavy (non-hydrogen) atoms. The molecule has 0 aliphatic carbocycles. The van der Waals surface area contributed by atoms with E-state index < -0.39 is 0 Å². The Hall–Kier alpha value is -1.57. The Labute approximate surface area is 110 Å². The lowest BCUT2D eigenvalue weighted by molar-refractivity contribution is -0.139. The van der Waals surface area contributed by atoms with Gasteiger partial charge in [0.1, 0.15) is 0 Å². The molecule has 0 amide bonds. The fourth-order valence-electron chi connectivity index (χ4n) is 1.03. The number of hydrogen-bond donors (Lipinski definition) is 1. The first kappa shape index (κ1) is 14.5. The lowest BCUT2D eigenvalue weighted by Crippen LogP contribution is -2.09. The van der Waals surface area contributed by atoms with Crippen LogP contribution in [0, 0.1) is 0 Å². The summed E-state index contributed by atoms with van der Waals surface area (Å²) in [4.78, 5) is 23.4. The minimum atomic E-state index is -0.299. The topological polar surface area (TPSA) is 86.2 Å². The van der Waals surface area contributed by atoms with Gasteiger partial charge in [0.25, 0.3) is 0 Å². The summed E-state index contributed by atoms with van der Waals surface area (Å²) in [5.41, 5.74) is 0. The normalized spacial score (nSPS) is 9.94. The van der Waals surface area contributed by atoms with Gasteiger partial charge >= 0.3 is 12.0 Å². The van der Waals surface area contributed by atoms with Gasteiger partial charge in [-0.2, -0.15) is 15.0 Å². The SMILES string of the molecule is CCOC(=O)CSc1nc(NC)nc(OCC)n1. The van der Waals surface area contributed by atoms with Crippen LogP contribution in [0.4, 0.5) is 5.95 Å². The molecule has 0 atom stereocenters. The van der Waals surface area contributed by atoms with Gasteiger partial charge in [-0.15, -0.1) is 0 Å².